The van der Waals surface area contributed by atoms with E-state index in [1.54, 1.807) is 6.40 Å². The molecule has 4 aliphatic rings. The zero-order chi connectivity index (χ0) is 12.1. The van der Waals surface area contributed by atoms with E-state index in [-0.39, 0.29) is 11.1 Å². The molecule has 0 amide bonds. The standard InChI is InChI=1S/C15H25NO/c1-14(2,3)17-10-16-15-7-11-4-12(8-15)6-13(5-11)9-15/h10-13H,4-9H2,1-3H3. The van der Waals surface area contributed by atoms with E-state index in [4.69, 9.17) is 9.73 Å². The van der Waals surface area contributed by atoms with Gasteiger partial charge in [-0.05, 0) is 77.0 Å². The minimum atomic E-state index is -0.105. The van der Waals surface area contributed by atoms with E-state index in [2.05, 4.69) is 20.8 Å². The quantitative estimate of drug-likeness (QED) is 0.527. The second kappa shape index (κ2) is 3.73. The summed E-state index contributed by atoms with van der Waals surface area (Å²) in [7, 11) is 0. The molecule has 2 nitrogen and oxygen atoms in total. The summed E-state index contributed by atoms with van der Waals surface area (Å²) in [6.45, 7) is 6.25. The largest absolute Gasteiger partial charge is 0.478 e. The van der Waals surface area contributed by atoms with Crippen LogP contribution in [0, 0.1) is 17.8 Å². The predicted octanol–water partition coefficient (Wildman–Crippen LogP) is 3.80. The predicted molar refractivity (Wildman–Crippen MR) is 70.2 cm³/mol. The Hall–Kier alpha value is -0.530. The molecule has 4 rings (SSSR count). The molecule has 0 radical (unpaired) electrons. The van der Waals surface area contributed by atoms with Gasteiger partial charge in [0.1, 0.15) is 5.60 Å². The smallest absolute Gasteiger partial charge is 0.170 e. The fourth-order valence-corrected chi connectivity index (χ4v) is 4.52. The van der Waals surface area contributed by atoms with Crippen molar-refractivity contribution in [2.24, 2.45) is 22.7 Å². The molecule has 0 aromatic carbocycles. The highest BCUT2D eigenvalue weighted by atomic mass is 16.5. The summed E-state index contributed by atoms with van der Waals surface area (Å²) in [6.07, 6.45) is 10.2. The summed E-state index contributed by atoms with van der Waals surface area (Å²) < 4.78 is 5.68. The molecular formula is C15H25NO. The van der Waals surface area contributed by atoms with Crippen molar-refractivity contribution in [2.75, 3.05) is 0 Å². The van der Waals surface area contributed by atoms with Crippen LogP contribution in [-0.2, 0) is 4.74 Å². The van der Waals surface area contributed by atoms with E-state index in [9.17, 15) is 0 Å². The zero-order valence-electron chi connectivity index (χ0n) is 11.4. The first-order valence-electron chi connectivity index (χ1n) is 7.16. The highest BCUT2D eigenvalue weighted by molar-refractivity contribution is 5.48. The Morgan fingerprint density at radius 2 is 1.47 bits per heavy atom. The molecule has 0 heterocycles. The van der Waals surface area contributed by atoms with Gasteiger partial charge in [-0.25, -0.2) is 0 Å². The van der Waals surface area contributed by atoms with Crippen molar-refractivity contribution < 1.29 is 4.74 Å². The van der Waals surface area contributed by atoms with Crippen LogP contribution in [0.4, 0.5) is 0 Å². The van der Waals surface area contributed by atoms with Gasteiger partial charge in [-0.2, -0.15) is 0 Å². The van der Waals surface area contributed by atoms with Gasteiger partial charge in [-0.15, -0.1) is 0 Å². The maximum Gasteiger partial charge on any atom is 0.170 e. The van der Waals surface area contributed by atoms with E-state index in [1.165, 1.54) is 38.5 Å². The lowest BCUT2D eigenvalue weighted by Crippen LogP contribution is -2.49. The first-order valence-corrected chi connectivity index (χ1v) is 7.16. The Kier molecular flexibility index (Phi) is 2.53. The SMILES string of the molecule is CC(C)(C)OC=NC12CC3CC(CC(C3)C1)C2. The molecule has 0 aromatic heterocycles. The molecule has 0 atom stereocenters. The Morgan fingerprint density at radius 1 is 1.00 bits per heavy atom. The van der Waals surface area contributed by atoms with Gasteiger partial charge >= 0.3 is 0 Å². The van der Waals surface area contributed by atoms with Gasteiger partial charge in [-0.3, -0.25) is 4.99 Å². The highest BCUT2D eigenvalue weighted by Crippen LogP contribution is 2.57. The molecule has 0 N–H and O–H groups in total. The van der Waals surface area contributed by atoms with E-state index < -0.39 is 0 Å². The van der Waals surface area contributed by atoms with Gasteiger partial charge in [0.05, 0.1) is 5.54 Å². The van der Waals surface area contributed by atoms with Gasteiger partial charge in [0.25, 0.3) is 0 Å². The fourth-order valence-electron chi connectivity index (χ4n) is 4.52. The number of nitrogens with zero attached hydrogens (tertiary/aromatic N) is 1. The molecule has 0 unspecified atom stereocenters. The van der Waals surface area contributed by atoms with E-state index >= 15 is 0 Å². The molecular weight excluding hydrogens is 210 g/mol. The lowest BCUT2D eigenvalue weighted by molar-refractivity contribution is -0.0000851. The zero-order valence-corrected chi connectivity index (χ0v) is 11.4. The Morgan fingerprint density at radius 3 is 1.88 bits per heavy atom. The van der Waals surface area contributed by atoms with E-state index in [0.717, 1.165) is 17.8 Å². The van der Waals surface area contributed by atoms with Crippen LogP contribution in [0.3, 0.4) is 0 Å². The minimum absolute atomic E-state index is 0.105. The molecule has 96 valence electrons. The van der Waals surface area contributed by atoms with Crippen molar-refractivity contribution in [1.29, 1.82) is 0 Å². The maximum absolute atomic E-state index is 5.68. The van der Waals surface area contributed by atoms with Crippen LogP contribution in [0.1, 0.15) is 59.3 Å². The highest BCUT2D eigenvalue weighted by Gasteiger charge is 2.50. The van der Waals surface area contributed by atoms with Gasteiger partial charge in [-0.1, -0.05) is 0 Å². The maximum atomic E-state index is 5.68. The molecule has 4 aliphatic carbocycles. The molecule has 4 saturated carbocycles. The van der Waals surface area contributed by atoms with Crippen LogP contribution in [-0.4, -0.2) is 17.5 Å². The third kappa shape index (κ3) is 2.36. The molecule has 0 spiro atoms. The van der Waals surface area contributed by atoms with Gasteiger partial charge in [0, 0.05) is 0 Å². The van der Waals surface area contributed by atoms with Crippen LogP contribution in [0.25, 0.3) is 0 Å². The second-order valence-electron chi connectivity index (χ2n) is 7.61. The molecule has 17 heavy (non-hydrogen) atoms. The summed E-state index contributed by atoms with van der Waals surface area (Å²) in [5.41, 5.74) is 0.159. The lowest BCUT2D eigenvalue weighted by atomic mass is 9.53. The van der Waals surface area contributed by atoms with Gasteiger partial charge in [0.2, 0.25) is 0 Å². The number of hydrogen-bond acceptors (Lipinski definition) is 2. The lowest BCUT2D eigenvalue weighted by Gasteiger charge is -2.54. The molecule has 4 bridgehead atoms. The third-order valence-corrected chi connectivity index (χ3v) is 4.74. The van der Waals surface area contributed by atoms with Crippen LogP contribution < -0.4 is 0 Å². The van der Waals surface area contributed by atoms with E-state index in [1.807, 2.05) is 0 Å². The second-order valence-corrected chi connectivity index (χ2v) is 7.61. The minimum Gasteiger partial charge on any atom is -0.478 e. The molecule has 0 aliphatic heterocycles. The van der Waals surface area contributed by atoms with Crippen molar-refractivity contribution in [3.8, 4) is 0 Å². The van der Waals surface area contributed by atoms with Crippen molar-refractivity contribution in [2.45, 2.75) is 70.4 Å². The van der Waals surface area contributed by atoms with Crippen LogP contribution in [0.15, 0.2) is 4.99 Å². The Balaban J connectivity index is 1.70. The third-order valence-electron chi connectivity index (χ3n) is 4.74. The number of rotatable bonds is 2. The topological polar surface area (TPSA) is 21.6 Å². The summed E-state index contributed by atoms with van der Waals surface area (Å²) in [5.74, 6) is 2.90. The number of ether oxygens (including phenoxy) is 1. The Labute approximate surface area is 105 Å². The monoisotopic (exact) mass is 235 g/mol. The Bertz CT molecular complexity index is 291. The summed E-state index contributed by atoms with van der Waals surface area (Å²) >= 11 is 0. The molecule has 2 heteroatoms. The van der Waals surface area contributed by atoms with Crippen LogP contribution >= 0.6 is 0 Å². The summed E-state index contributed by atoms with van der Waals surface area (Å²) in [5, 5.41) is 0. The molecule has 0 aromatic rings. The first-order chi connectivity index (χ1) is 7.94. The van der Waals surface area contributed by atoms with Crippen molar-refractivity contribution in [3.05, 3.63) is 0 Å². The van der Waals surface area contributed by atoms with Crippen molar-refractivity contribution in [3.63, 3.8) is 0 Å². The normalized spacial score (nSPS) is 44.5. The number of aliphatic imine (C=N–C) groups is 1. The molecule has 0 saturated heterocycles. The first kappa shape index (κ1) is 11.6. The van der Waals surface area contributed by atoms with Crippen molar-refractivity contribution in [1.82, 2.24) is 0 Å². The van der Waals surface area contributed by atoms with Gasteiger partial charge in [0.15, 0.2) is 6.40 Å². The number of hydrogen-bond donors (Lipinski definition) is 0. The molecule has 4 fully saturated rings. The van der Waals surface area contributed by atoms with Crippen LogP contribution in [0.5, 0.6) is 0 Å². The summed E-state index contributed by atoms with van der Waals surface area (Å²) in [6, 6.07) is 0. The van der Waals surface area contributed by atoms with Crippen molar-refractivity contribution >= 4 is 6.40 Å². The van der Waals surface area contributed by atoms with Crippen LogP contribution in [0.2, 0.25) is 0 Å². The fraction of sp³-hybridized carbons (Fsp3) is 0.933. The average molecular weight is 235 g/mol. The average Bonchev–Trinajstić information content (AvgIpc) is 2.11. The van der Waals surface area contributed by atoms with Gasteiger partial charge < -0.3 is 4.74 Å². The summed E-state index contributed by atoms with van der Waals surface area (Å²) in [4.78, 5) is 4.85. The van der Waals surface area contributed by atoms with E-state index in [0.29, 0.717) is 0 Å².